The van der Waals surface area contributed by atoms with Gasteiger partial charge in [-0.05, 0) is 44.7 Å². The summed E-state index contributed by atoms with van der Waals surface area (Å²) < 4.78 is 19.6. The lowest BCUT2D eigenvalue weighted by atomic mass is 10.1. The summed E-state index contributed by atoms with van der Waals surface area (Å²) in [7, 11) is 1.80. The molecule has 2 N–H and O–H groups in total. The zero-order valence-electron chi connectivity index (χ0n) is 17.2. The number of piperidine rings is 1. The normalized spacial score (nSPS) is 23.4. The molecule has 158 valence electrons. The zero-order valence-corrected chi connectivity index (χ0v) is 19.5. The number of ether oxygens (including phenoxy) is 1. The van der Waals surface area contributed by atoms with Gasteiger partial charge in [0.25, 0.3) is 0 Å². The van der Waals surface area contributed by atoms with Gasteiger partial charge in [0.1, 0.15) is 5.82 Å². The Morgan fingerprint density at radius 3 is 2.61 bits per heavy atom. The quantitative estimate of drug-likeness (QED) is 0.340. The van der Waals surface area contributed by atoms with Gasteiger partial charge >= 0.3 is 0 Å². The highest BCUT2D eigenvalue weighted by molar-refractivity contribution is 14.0. The number of hydrogen-bond acceptors (Lipinski definition) is 3. The first-order chi connectivity index (χ1) is 13.1. The summed E-state index contributed by atoms with van der Waals surface area (Å²) in [6.07, 6.45) is 3.46. The number of nitrogens with one attached hydrogen (secondary N) is 2. The molecule has 3 rings (SSSR count). The second-order valence-corrected chi connectivity index (χ2v) is 7.87. The first-order valence-electron chi connectivity index (χ1n) is 10.1. The van der Waals surface area contributed by atoms with Gasteiger partial charge in [-0.15, -0.1) is 24.0 Å². The van der Waals surface area contributed by atoms with Gasteiger partial charge in [0.15, 0.2) is 5.96 Å². The Morgan fingerprint density at radius 1 is 1.25 bits per heavy atom. The van der Waals surface area contributed by atoms with Crippen LogP contribution >= 0.6 is 24.0 Å². The van der Waals surface area contributed by atoms with E-state index in [2.05, 4.69) is 34.4 Å². The fraction of sp³-hybridized carbons (Fsp3) is 0.667. The molecular weight excluding hydrogens is 470 g/mol. The van der Waals surface area contributed by atoms with E-state index in [1.165, 1.54) is 6.07 Å². The Morgan fingerprint density at radius 2 is 1.96 bits per heavy atom. The van der Waals surface area contributed by atoms with Crippen LogP contribution in [0.3, 0.4) is 0 Å². The monoisotopic (exact) mass is 504 g/mol. The van der Waals surface area contributed by atoms with Crippen LogP contribution in [0.15, 0.2) is 29.3 Å². The molecule has 1 aromatic carbocycles. The number of benzene rings is 1. The van der Waals surface area contributed by atoms with Crippen molar-refractivity contribution in [1.29, 1.82) is 0 Å². The van der Waals surface area contributed by atoms with E-state index in [0.717, 1.165) is 57.0 Å². The minimum Gasteiger partial charge on any atom is -0.377 e. The van der Waals surface area contributed by atoms with Gasteiger partial charge in [-0.25, -0.2) is 4.39 Å². The largest absolute Gasteiger partial charge is 0.377 e. The van der Waals surface area contributed by atoms with Crippen LogP contribution in [0.1, 0.15) is 44.6 Å². The Bertz CT molecular complexity index is 635. The Balaban J connectivity index is 0.00000280. The van der Waals surface area contributed by atoms with Crippen LogP contribution in [-0.2, 0) is 4.74 Å². The van der Waals surface area contributed by atoms with Crippen LogP contribution in [0.4, 0.5) is 4.39 Å². The second-order valence-electron chi connectivity index (χ2n) is 7.87. The van der Waals surface area contributed by atoms with Crippen LogP contribution in [-0.4, -0.2) is 62.3 Å². The number of halogens is 2. The van der Waals surface area contributed by atoms with Crippen molar-refractivity contribution in [3.05, 3.63) is 35.6 Å². The van der Waals surface area contributed by atoms with Crippen LogP contribution in [0.25, 0.3) is 0 Å². The first-order valence-corrected chi connectivity index (χ1v) is 10.1. The number of rotatable bonds is 7. The van der Waals surface area contributed by atoms with E-state index in [-0.39, 0.29) is 41.8 Å². The molecule has 1 saturated heterocycles. The lowest BCUT2D eigenvalue weighted by Crippen LogP contribution is -2.49. The molecular formula is C21H34FIN4O. The molecule has 2 fully saturated rings. The van der Waals surface area contributed by atoms with Crippen molar-refractivity contribution < 1.29 is 9.13 Å². The SMILES string of the molecule is CN=C(NC1CCN(CCOC(C)C)CC1)NC1CC1c1ccccc1F.I. The van der Waals surface area contributed by atoms with Gasteiger partial charge in [0, 0.05) is 44.7 Å². The molecule has 2 atom stereocenters. The van der Waals surface area contributed by atoms with Crippen molar-refractivity contribution in [2.75, 3.05) is 33.3 Å². The molecule has 2 unspecified atom stereocenters. The summed E-state index contributed by atoms with van der Waals surface area (Å²) in [6.45, 7) is 8.12. The lowest BCUT2D eigenvalue weighted by Gasteiger charge is -2.33. The topological polar surface area (TPSA) is 48.9 Å². The highest BCUT2D eigenvalue weighted by Crippen LogP contribution is 2.41. The molecule has 5 nitrogen and oxygen atoms in total. The maximum atomic E-state index is 13.9. The van der Waals surface area contributed by atoms with Crippen LogP contribution in [0.5, 0.6) is 0 Å². The molecule has 1 aromatic rings. The van der Waals surface area contributed by atoms with Crippen molar-refractivity contribution in [2.24, 2.45) is 4.99 Å². The molecule has 0 spiro atoms. The molecule has 7 heteroatoms. The first kappa shape index (κ1) is 23.3. The minimum absolute atomic E-state index is 0. The predicted molar refractivity (Wildman–Crippen MR) is 123 cm³/mol. The number of hydrogen-bond donors (Lipinski definition) is 2. The number of nitrogens with zero attached hydrogens (tertiary/aromatic N) is 2. The van der Waals surface area contributed by atoms with Gasteiger partial charge in [-0.3, -0.25) is 4.99 Å². The van der Waals surface area contributed by atoms with E-state index in [4.69, 9.17) is 4.74 Å². The van der Waals surface area contributed by atoms with E-state index < -0.39 is 0 Å². The fourth-order valence-electron chi connectivity index (χ4n) is 3.73. The van der Waals surface area contributed by atoms with Crippen molar-refractivity contribution in [1.82, 2.24) is 15.5 Å². The molecule has 1 aliphatic carbocycles. The summed E-state index contributed by atoms with van der Waals surface area (Å²) in [5, 5.41) is 7.01. The third-order valence-corrected chi connectivity index (χ3v) is 5.43. The Hall–Kier alpha value is -0.930. The standard InChI is InChI=1S/C21H33FN4O.HI/c1-15(2)27-13-12-26-10-8-16(9-11-26)24-21(23-3)25-20-14-18(20)17-6-4-5-7-19(17)22;/h4-7,15-16,18,20H,8-14H2,1-3H3,(H2,23,24,25);1H. The third-order valence-electron chi connectivity index (χ3n) is 5.43. The molecule has 1 saturated carbocycles. The average molecular weight is 504 g/mol. The van der Waals surface area contributed by atoms with E-state index in [1.807, 2.05) is 12.1 Å². The summed E-state index contributed by atoms with van der Waals surface area (Å²) in [6, 6.07) is 7.77. The van der Waals surface area contributed by atoms with Crippen LogP contribution in [0, 0.1) is 5.82 Å². The molecule has 28 heavy (non-hydrogen) atoms. The van der Waals surface area contributed by atoms with Gasteiger partial charge < -0.3 is 20.3 Å². The summed E-state index contributed by atoms with van der Waals surface area (Å²) in [4.78, 5) is 6.83. The van der Waals surface area contributed by atoms with Gasteiger partial charge in [0.05, 0.1) is 12.7 Å². The van der Waals surface area contributed by atoms with Gasteiger partial charge in [-0.1, -0.05) is 18.2 Å². The van der Waals surface area contributed by atoms with Gasteiger partial charge in [-0.2, -0.15) is 0 Å². The fourth-order valence-corrected chi connectivity index (χ4v) is 3.73. The van der Waals surface area contributed by atoms with E-state index in [0.29, 0.717) is 12.1 Å². The predicted octanol–water partition coefficient (Wildman–Crippen LogP) is 3.35. The zero-order chi connectivity index (χ0) is 19.2. The summed E-state index contributed by atoms with van der Waals surface area (Å²) in [5.41, 5.74) is 0.808. The highest BCUT2D eigenvalue weighted by atomic mass is 127. The van der Waals surface area contributed by atoms with E-state index in [9.17, 15) is 4.39 Å². The highest BCUT2D eigenvalue weighted by Gasteiger charge is 2.40. The summed E-state index contributed by atoms with van der Waals surface area (Å²) in [5.74, 6) is 0.969. The molecule has 0 bridgehead atoms. The van der Waals surface area contributed by atoms with Crippen LogP contribution in [0.2, 0.25) is 0 Å². The summed E-state index contributed by atoms with van der Waals surface area (Å²) >= 11 is 0. The lowest BCUT2D eigenvalue weighted by molar-refractivity contribution is 0.0532. The Labute approximate surface area is 185 Å². The maximum Gasteiger partial charge on any atom is 0.191 e. The number of guanidine groups is 1. The maximum absolute atomic E-state index is 13.9. The molecule has 0 amide bonds. The van der Waals surface area contributed by atoms with Crippen molar-refractivity contribution in [3.63, 3.8) is 0 Å². The molecule has 2 aliphatic rings. The molecule has 1 heterocycles. The minimum atomic E-state index is -0.108. The average Bonchev–Trinajstić information content (AvgIpc) is 3.41. The molecule has 0 radical (unpaired) electrons. The van der Waals surface area contributed by atoms with Crippen LogP contribution < -0.4 is 10.6 Å². The van der Waals surface area contributed by atoms with Crippen molar-refractivity contribution in [2.45, 2.75) is 57.2 Å². The third kappa shape index (κ3) is 6.84. The van der Waals surface area contributed by atoms with Crippen molar-refractivity contribution >= 4 is 29.9 Å². The number of aliphatic imine (C=N–C) groups is 1. The number of likely N-dealkylation sites (tertiary alicyclic amines) is 1. The van der Waals surface area contributed by atoms with E-state index >= 15 is 0 Å². The van der Waals surface area contributed by atoms with E-state index in [1.54, 1.807) is 13.1 Å². The van der Waals surface area contributed by atoms with Crippen molar-refractivity contribution in [3.8, 4) is 0 Å². The van der Waals surface area contributed by atoms with Gasteiger partial charge in [0.2, 0.25) is 0 Å². The smallest absolute Gasteiger partial charge is 0.191 e. The molecule has 0 aromatic heterocycles. The molecule has 1 aliphatic heterocycles. The second kappa shape index (κ2) is 11.3. The Kier molecular flexibility index (Phi) is 9.43.